The SMILES string of the molecule is C=C1/C=C\C=C/C/C(N(c2ccccc2)c2ccc(CBr)cc2)=c2/cccc/c2=C/1c1ccccc1. The van der Waals surface area contributed by atoms with Gasteiger partial charge in [-0.05, 0) is 51.8 Å². The highest BCUT2D eigenvalue weighted by Gasteiger charge is 2.17. The number of hydrogen-bond acceptors (Lipinski definition) is 1. The molecule has 0 radical (unpaired) electrons. The van der Waals surface area contributed by atoms with Gasteiger partial charge in [0, 0.05) is 34.0 Å². The lowest BCUT2D eigenvalue weighted by Gasteiger charge is -2.28. The number of para-hydroxylation sites is 1. The van der Waals surface area contributed by atoms with Gasteiger partial charge in [0.25, 0.3) is 0 Å². The predicted octanol–water partition coefficient (Wildman–Crippen LogP) is 7.80. The van der Waals surface area contributed by atoms with Gasteiger partial charge in [0.15, 0.2) is 0 Å². The third-order valence-electron chi connectivity index (χ3n) is 6.38. The van der Waals surface area contributed by atoms with Crippen molar-refractivity contribution in [2.75, 3.05) is 4.90 Å². The molecule has 0 unspecified atom stereocenters. The van der Waals surface area contributed by atoms with E-state index < -0.39 is 0 Å². The van der Waals surface area contributed by atoms with Gasteiger partial charge in [0.1, 0.15) is 0 Å². The zero-order chi connectivity index (χ0) is 24.7. The molecule has 4 aromatic rings. The lowest BCUT2D eigenvalue weighted by Crippen LogP contribution is -2.34. The third kappa shape index (κ3) is 5.05. The maximum Gasteiger partial charge on any atom is 0.0458 e. The van der Waals surface area contributed by atoms with E-state index in [2.05, 4.69) is 161 Å². The Kier molecular flexibility index (Phi) is 7.44. The minimum Gasteiger partial charge on any atom is -0.313 e. The van der Waals surface area contributed by atoms with E-state index in [1.54, 1.807) is 0 Å². The molecule has 36 heavy (non-hydrogen) atoms. The molecule has 176 valence electrons. The second kappa shape index (κ2) is 11.2. The minimum atomic E-state index is 0.783. The van der Waals surface area contributed by atoms with Gasteiger partial charge in [-0.15, -0.1) is 0 Å². The average Bonchev–Trinajstić information content (AvgIpc) is 2.94. The summed E-state index contributed by atoms with van der Waals surface area (Å²) in [5, 5.41) is 3.22. The zero-order valence-electron chi connectivity index (χ0n) is 20.1. The third-order valence-corrected chi connectivity index (χ3v) is 7.03. The van der Waals surface area contributed by atoms with E-state index in [9.17, 15) is 0 Å². The van der Waals surface area contributed by atoms with Gasteiger partial charge in [0.2, 0.25) is 0 Å². The Morgan fingerprint density at radius 3 is 1.97 bits per heavy atom. The quantitative estimate of drug-likeness (QED) is 0.238. The molecule has 0 fully saturated rings. The summed E-state index contributed by atoms with van der Waals surface area (Å²) < 4.78 is 0. The monoisotopic (exact) mass is 529 g/mol. The first-order valence-electron chi connectivity index (χ1n) is 12.2. The Morgan fingerprint density at radius 1 is 0.667 bits per heavy atom. The van der Waals surface area contributed by atoms with Gasteiger partial charge in [-0.1, -0.05) is 132 Å². The van der Waals surface area contributed by atoms with Crippen LogP contribution in [0.1, 0.15) is 17.5 Å². The maximum absolute atomic E-state index is 4.47. The summed E-state index contributed by atoms with van der Waals surface area (Å²) in [5.41, 5.74) is 8.05. The van der Waals surface area contributed by atoms with Crippen LogP contribution in [-0.4, -0.2) is 0 Å². The van der Waals surface area contributed by atoms with Crippen LogP contribution in [0.15, 0.2) is 146 Å². The van der Waals surface area contributed by atoms with E-state index in [1.165, 1.54) is 21.7 Å². The van der Waals surface area contributed by atoms with Crippen LogP contribution in [0.2, 0.25) is 0 Å². The van der Waals surface area contributed by atoms with Crippen LogP contribution in [-0.2, 0) is 5.33 Å². The number of hydrogen-bond donors (Lipinski definition) is 0. The molecule has 5 rings (SSSR count). The summed E-state index contributed by atoms with van der Waals surface area (Å²) in [6, 6.07) is 38.7. The van der Waals surface area contributed by atoms with E-state index in [0.29, 0.717) is 0 Å². The molecule has 0 saturated carbocycles. The van der Waals surface area contributed by atoms with Crippen molar-refractivity contribution in [2.24, 2.45) is 0 Å². The van der Waals surface area contributed by atoms with E-state index >= 15 is 0 Å². The molecule has 0 heterocycles. The molecule has 0 atom stereocenters. The highest BCUT2D eigenvalue weighted by Crippen LogP contribution is 2.32. The van der Waals surface area contributed by atoms with Gasteiger partial charge >= 0.3 is 0 Å². The highest BCUT2D eigenvalue weighted by molar-refractivity contribution is 9.08. The Hall–Kier alpha value is -3.88. The fraction of sp³-hybridized carbons (Fsp3) is 0.0588. The smallest absolute Gasteiger partial charge is 0.0458 e. The first-order chi connectivity index (χ1) is 17.8. The number of alkyl halides is 1. The van der Waals surface area contributed by atoms with Crippen LogP contribution >= 0.6 is 15.9 Å². The van der Waals surface area contributed by atoms with Crippen LogP contribution in [0.5, 0.6) is 0 Å². The maximum atomic E-state index is 4.47. The van der Waals surface area contributed by atoms with Crippen molar-refractivity contribution in [3.05, 3.63) is 167 Å². The van der Waals surface area contributed by atoms with Gasteiger partial charge < -0.3 is 4.90 Å². The Morgan fingerprint density at radius 2 is 1.28 bits per heavy atom. The lowest BCUT2D eigenvalue weighted by atomic mass is 9.94. The molecule has 0 amide bonds. The normalized spacial score (nSPS) is 18.2. The first kappa shape index (κ1) is 23.8. The predicted molar refractivity (Wildman–Crippen MR) is 158 cm³/mol. The van der Waals surface area contributed by atoms with Crippen LogP contribution < -0.4 is 15.3 Å². The van der Waals surface area contributed by atoms with Crippen molar-refractivity contribution in [1.29, 1.82) is 0 Å². The molecule has 0 bridgehead atoms. The summed E-state index contributed by atoms with van der Waals surface area (Å²) in [6.45, 7) is 4.47. The summed E-state index contributed by atoms with van der Waals surface area (Å²) in [5.74, 6) is 0. The van der Waals surface area contributed by atoms with Crippen molar-refractivity contribution >= 4 is 38.6 Å². The summed E-state index contributed by atoms with van der Waals surface area (Å²) >= 11 is 3.59. The van der Waals surface area contributed by atoms with E-state index in [0.717, 1.165) is 39.8 Å². The molecule has 0 aromatic heterocycles. The molecular formula is C34H28BrN. The van der Waals surface area contributed by atoms with Crippen molar-refractivity contribution in [2.45, 2.75) is 11.8 Å². The molecule has 2 heteroatoms. The van der Waals surface area contributed by atoms with Crippen molar-refractivity contribution in [1.82, 2.24) is 0 Å². The molecule has 0 N–H and O–H groups in total. The fourth-order valence-electron chi connectivity index (χ4n) is 4.68. The number of allylic oxidation sites excluding steroid dienone is 4. The summed E-state index contributed by atoms with van der Waals surface area (Å²) in [4.78, 5) is 2.39. The summed E-state index contributed by atoms with van der Waals surface area (Å²) in [6.07, 6.45) is 9.33. The molecule has 0 saturated heterocycles. The fourth-order valence-corrected chi connectivity index (χ4v) is 5.05. The first-order valence-corrected chi connectivity index (χ1v) is 13.3. The average molecular weight is 531 g/mol. The van der Waals surface area contributed by atoms with Crippen LogP contribution in [0.3, 0.4) is 0 Å². The largest absolute Gasteiger partial charge is 0.313 e. The molecule has 1 nitrogen and oxygen atoms in total. The zero-order valence-corrected chi connectivity index (χ0v) is 21.7. The Balaban J connectivity index is 1.90. The van der Waals surface area contributed by atoms with Crippen LogP contribution in [0.4, 0.5) is 11.4 Å². The minimum absolute atomic E-state index is 0.783. The summed E-state index contributed by atoms with van der Waals surface area (Å²) in [7, 11) is 0. The highest BCUT2D eigenvalue weighted by atomic mass is 79.9. The number of rotatable bonds is 5. The Labute approximate surface area is 221 Å². The van der Waals surface area contributed by atoms with Gasteiger partial charge in [0.05, 0.1) is 0 Å². The number of fused-ring (bicyclic) bond motifs is 1. The van der Waals surface area contributed by atoms with E-state index in [4.69, 9.17) is 0 Å². The Bertz CT molecular complexity index is 1530. The molecule has 0 aliphatic heterocycles. The van der Waals surface area contributed by atoms with Gasteiger partial charge in [-0.3, -0.25) is 0 Å². The van der Waals surface area contributed by atoms with E-state index in [-0.39, 0.29) is 0 Å². The second-order valence-electron chi connectivity index (χ2n) is 8.72. The molecular weight excluding hydrogens is 502 g/mol. The van der Waals surface area contributed by atoms with Crippen molar-refractivity contribution in [3.8, 4) is 0 Å². The molecule has 1 aliphatic carbocycles. The van der Waals surface area contributed by atoms with Crippen LogP contribution in [0, 0.1) is 0 Å². The number of halogens is 1. The van der Waals surface area contributed by atoms with Crippen molar-refractivity contribution < 1.29 is 0 Å². The number of nitrogens with zero attached hydrogens (tertiary/aromatic N) is 1. The topological polar surface area (TPSA) is 3.24 Å². The number of benzene rings is 4. The lowest BCUT2D eigenvalue weighted by molar-refractivity contribution is 1.18. The molecule has 4 aromatic carbocycles. The standard InChI is InChI=1S/C34H28BrN/c1-26-13-5-2-10-20-33(31-18-11-12-19-32(31)34(26)28-14-6-3-7-15-28)36(29-16-8-4-9-17-29)30-23-21-27(25-35)22-24-30/h2-19,21-24H,1,20,25H2/b10-2-,13-5-,33-31+,34-32+. The van der Waals surface area contributed by atoms with Gasteiger partial charge in [-0.2, -0.15) is 0 Å². The number of anilines is 2. The molecule has 0 spiro atoms. The van der Waals surface area contributed by atoms with Crippen LogP contribution in [0.25, 0.3) is 11.3 Å². The van der Waals surface area contributed by atoms with E-state index in [1.807, 2.05) is 0 Å². The second-order valence-corrected chi connectivity index (χ2v) is 9.28. The molecule has 1 aliphatic rings. The van der Waals surface area contributed by atoms with Gasteiger partial charge in [-0.25, -0.2) is 0 Å². The van der Waals surface area contributed by atoms with Crippen molar-refractivity contribution in [3.63, 3.8) is 0 Å².